The molecular formula is C20H25N5O4S. The number of aromatic nitrogens is 2. The summed E-state index contributed by atoms with van der Waals surface area (Å²) in [5.41, 5.74) is 5.99. The first kappa shape index (κ1) is 19.5. The number of nitrogens with one attached hydrogen (secondary N) is 1. The number of sulfonamides is 1. The summed E-state index contributed by atoms with van der Waals surface area (Å²) in [4.78, 5) is 16.7. The van der Waals surface area contributed by atoms with Crippen molar-refractivity contribution in [2.75, 3.05) is 5.73 Å². The van der Waals surface area contributed by atoms with Crippen LogP contribution in [0.3, 0.4) is 0 Å². The molecule has 160 valence electrons. The maximum atomic E-state index is 13.3. The van der Waals surface area contributed by atoms with Gasteiger partial charge in [-0.15, -0.1) is 0 Å². The van der Waals surface area contributed by atoms with Crippen molar-refractivity contribution in [2.24, 2.45) is 0 Å². The second-order valence-corrected chi connectivity index (χ2v) is 10.3. The molecule has 2 aliphatic heterocycles. The molecule has 9 nitrogen and oxygen atoms in total. The molecule has 3 N–H and O–H groups in total. The number of rotatable bonds is 5. The average molecular weight is 432 g/mol. The lowest BCUT2D eigenvalue weighted by molar-refractivity contribution is 0.0789. The Hall–Kier alpha value is -2.46. The van der Waals surface area contributed by atoms with E-state index in [2.05, 4.69) is 15.5 Å². The number of amides is 1. The van der Waals surface area contributed by atoms with E-state index in [1.807, 2.05) is 0 Å². The molecule has 3 aliphatic rings. The summed E-state index contributed by atoms with van der Waals surface area (Å²) in [6.07, 6.45) is 5.79. The Kier molecular flexibility index (Phi) is 4.78. The van der Waals surface area contributed by atoms with Crippen molar-refractivity contribution in [1.82, 2.24) is 19.8 Å². The zero-order valence-corrected chi connectivity index (χ0v) is 17.3. The fourth-order valence-electron chi connectivity index (χ4n) is 4.75. The second kappa shape index (κ2) is 7.35. The van der Waals surface area contributed by atoms with Gasteiger partial charge in [0.25, 0.3) is 15.9 Å². The lowest BCUT2D eigenvalue weighted by Gasteiger charge is -2.47. The first-order valence-electron chi connectivity index (χ1n) is 10.5. The molecular weight excluding hydrogens is 406 g/mol. The molecule has 0 aromatic carbocycles. The third-order valence-electron chi connectivity index (χ3n) is 6.27. The Bertz CT molecular complexity index is 1050. The van der Waals surface area contributed by atoms with E-state index in [0.717, 1.165) is 37.9 Å². The number of anilines is 1. The van der Waals surface area contributed by atoms with Crippen LogP contribution in [0.15, 0.2) is 33.8 Å². The molecule has 0 radical (unpaired) electrons. The van der Waals surface area contributed by atoms with Gasteiger partial charge in [0.15, 0.2) is 10.7 Å². The van der Waals surface area contributed by atoms with Crippen molar-refractivity contribution < 1.29 is 17.7 Å². The molecule has 3 fully saturated rings. The molecule has 0 spiro atoms. The van der Waals surface area contributed by atoms with E-state index in [4.69, 9.17) is 10.3 Å². The number of pyridine rings is 1. The number of nitrogens with zero attached hydrogens (tertiary/aromatic N) is 3. The van der Waals surface area contributed by atoms with Gasteiger partial charge in [-0.3, -0.25) is 4.79 Å². The van der Waals surface area contributed by atoms with Gasteiger partial charge in [-0.05, 0) is 50.7 Å². The van der Waals surface area contributed by atoms with Crippen LogP contribution in [-0.4, -0.2) is 46.9 Å². The number of piperidine rings is 2. The Labute approximate surface area is 175 Å². The molecule has 4 heterocycles. The summed E-state index contributed by atoms with van der Waals surface area (Å²) in [6, 6.07) is 5.93. The standard InChI is InChI=1S/C20H25N5O4S/c21-18-5-2-6-19(23-18)30(27,28)25-14-3-1-4-15(25)10-13(9-14)22-20(26)16-11-17(29-24-16)12-7-8-12/h2,5-6,11-15H,1,3-4,7-10H2,(H2,21,23)(H,22,26)/t13?,14-,15?/m1/s1. The van der Waals surface area contributed by atoms with Crippen molar-refractivity contribution in [2.45, 2.75) is 74.0 Å². The van der Waals surface area contributed by atoms with Crippen LogP contribution in [0.2, 0.25) is 0 Å². The van der Waals surface area contributed by atoms with E-state index in [1.54, 1.807) is 22.5 Å². The van der Waals surface area contributed by atoms with Crippen LogP contribution < -0.4 is 11.1 Å². The highest BCUT2D eigenvalue weighted by Gasteiger charge is 2.46. The van der Waals surface area contributed by atoms with E-state index in [1.165, 1.54) is 6.07 Å². The van der Waals surface area contributed by atoms with Gasteiger partial charge in [0, 0.05) is 30.1 Å². The minimum absolute atomic E-state index is 0.0166. The Morgan fingerprint density at radius 1 is 1.17 bits per heavy atom. The van der Waals surface area contributed by atoms with Crippen LogP contribution in [0, 0.1) is 0 Å². The van der Waals surface area contributed by atoms with Gasteiger partial charge in [-0.25, -0.2) is 13.4 Å². The van der Waals surface area contributed by atoms with Crippen LogP contribution in [0.5, 0.6) is 0 Å². The zero-order chi connectivity index (χ0) is 20.9. The predicted octanol–water partition coefficient (Wildman–Crippen LogP) is 2.03. The van der Waals surface area contributed by atoms with Crippen molar-refractivity contribution in [3.8, 4) is 0 Å². The molecule has 1 aliphatic carbocycles. The fourth-order valence-corrected chi connectivity index (χ4v) is 6.60. The third kappa shape index (κ3) is 3.58. The molecule has 10 heteroatoms. The molecule has 1 amide bonds. The van der Waals surface area contributed by atoms with Crippen molar-refractivity contribution in [1.29, 1.82) is 0 Å². The Balaban J connectivity index is 1.31. The van der Waals surface area contributed by atoms with E-state index in [-0.39, 0.29) is 34.9 Å². The van der Waals surface area contributed by atoms with E-state index >= 15 is 0 Å². The Morgan fingerprint density at radius 2 is 1.90 bits per heavy atom. The summed E-state index contributed by atoms with van der Waals surface area (Å²) in [5, 5.41) is 6.93. The topological polar surface area (TPSA) is 131 Å². The number of hydrogen-bond acceptors (Lipinski definition) is 7. The van der Waals surface area contributed by atoms with Crippen LogP contribution in [0.1, 0.15) is 67.1 Å². The second-order valence-electron chi connectivity index (χ2n) is 8.50. The summed E-state index contributed by atoms with van der Waals surface area (Å²) in [7, 11) is -3.74. The number of carbonyl (C=O) groups excluding carboxylic acids is 1. The quantitative estimate of drug-likeness (QED) is 0.740. The summed E-state index contributed by atoms with van der Waals surface area (Å²) in [6.45, 7) is 0. The highest BCUT2D eigenvalue weighted by atomic mass is 32.2. The lowest BCUT2D eigenvalue weighted by atomic mass is 9.84. The van der Waals surface area contributed by atoms with Gasteiger partial charge in [-0.2, -0.15) is 4.31 Å². The van der Waals surface area contributed by atoms with Crippen LogP contribution in [0.25, 0.3) is 0 Å². The summed E-state index contributed by atoms with van der Waals surface area (Å²) < 4.78 is 33.4. The number of nitrogens with two attached hydrogens (primary N) is 1. The van der Waals surface area contributed by atoms with Gasteiger partial charge in [0.1, 0.15) is 11.6 Å². The number of carbonyl (C=O) groups is 1. The molecule has 2 unspecified atom stereocenters. The molecule has 3 atom stereocenters. The summed E-state index contributed by atoms with van der Waals surface area (Å²) >= 11 is 0. The highest BCUT2D eigenvalue weighted by Crippen LogP contribution is 2.40. The molecule has 5 rings (SSSR count). The minimum atomic E-state index is -3.74. The van der Waals surface area contributed by atoms with E-state index in [0.29, 0.717) is 24.5 Å². The Morgan fingerprint density at radius 3 is 2.57 bits per heavy atom. The SMILES string of the molecule is Nc1cccc(S(=O)(=O)N2C3CCC[C@@H]2CC(NC(=O)c2cc(C4CC4)on2)C3)n1. The van der Waals surface area contributed by atoms with Crippen molar-refractivity contribution >= 4 is 21.7 Å². The van der Waals surface area contributed by atoms with Crippen LogP contribution >= 0.6 is 0 Å². The van der Waals surface area contributed by atoms with Gasteiger partial charge >= 0.3 is 0 Å². The predicted molar refractivity (Wildman–Crippen MR) is 108 cm³/mol. The molecule has 2 aromatic rings. The fraction of sp³-hybridized carbons (Fsp3) is 0.550. The van der Waals surface area contributed by atoms with E-state index < -0.39 is 10.0 Å². The summed E-state index contributed by atoms with van der Waals surface area (Å²) in [5.74, 6) is 1.09. The third-order valence-corrected chi connectivity index (χ3v) is 8.18. The minimum Gasteiger partial charge on any atom is -0.384 e. The number of hydrogen-bond donors (Lipinski definition) is 2. The van der Waals surface area contributed by atoms with Gasteiger partial charge in [-0.1, -0.05) is 17.6 Å². The molecule has 2 saturated heterocycles. The first-order valence-corrected chi connectivity index (χ1v) is 11.9. The molecule has 2 bridgehead atoms. The van der Waals surface area contributed by atoms with Gasteiger partial charge in [0.2, 0.25) is 0 Å². The first-order chi connectivity index (χ1) is 14.4. The van der Waals surface area contributed by atoms with E-state index in [9.17, 15) is 13.2 Å². The zero-order valence-electron chi connectivity index (χ0n) is 16.5. The molecule has 2 aromatic heterocycles. The maximum Gasteiger partial charge on any atom is 0.273 e. The van der Waals surface area contributed by atoms with Crippen molar-refractivity contribution in [3.63, 3.8) is 0 Å². The monoisotopic (exact) mass is 431 g/mol. The largest absolute Gasteiger partial charge is 0.384 e. The van der Waals surface area contributed by atoms with Crippen LogP contribution in [-0.2, 0) is 10.0 Å². The number of nitrogen functional groups attached to an aromatic ring is 1. The highest BCUT2D eigenvalue weighted by molar-refractivity contribution is 7.89. The van der Waals surface area contributed by atoms with Crippen molar-refractivity contribution in [3.05, 3.63) is 35.7 Å². The van der Waals surface area contributed by atoms with Gasteiger partial charge in [0.05, 0.1) is 0 Å². The molecule has 30 heavy (non-hydrogen) atoms. The van der Waals surface area contributed by atoms with Crippen LogP contribution in [0.4, 0.5) is 5.82 Å². The number of fused-ring (bicyclic) bond motifs is 2. The smallest absolute Gasteiger partial charge is 0.273 e. The molecule has 1 saturated carbocycles. The normalized spacial score (nSPS) is 27.0. The lowest BCUT2D eigenvalue weighted by Crippen LogP contribution is -2.58. The maximum absolute atomic E-state index is 13.3. The average Bonchev–Trinajstić information content (AvgIpc) is 3.43. The van der Waals surface area contributed by atoms with Gasteiger partial charge < -0.3 is 15.6 Å².